The molecule has 8 heteroatoms. The summed E-state index contributed by atoms with van der Waals surface area (Å²) in [6.07, 6.45) is -0.870. The van der Waals surface area contributed by atoms with Gasteiger partial charge in [0.2, 0.25) is 0 Å². The second-order valence-electron chi connectivity index (χ2n) is 5.28. The molecule has 0 aliphatic rings. The maximum Gasteiger partial charge on any atom is 0.316 e. The molecule has 0 saturated carbocycles. The largest absolute Gasteiger partial charge is 0.494 e. The van der Waals surface area contributed by atoms with Gasteiger partial charge in [-0.05, 0) is 50.2 Å². The van der Waals surface area contributed by atoms with Crippen LogP contribution in [0.25, 0.3) is 0 Å². The first-order valence-corrected chi connectivity index (χ1v) is 10.4. The normalized spacial score (nSPS) is 11.7. The average Bonchev–Trinajstić information content (AvgIpc) is 3.02. The lowest BCUT2D eigenvalue weighted by Gasteiger charge is -2.13. The summed E-state index contributed by atoms with van der Waals surface area (Å²) >= 11 is 8.77. The Balaban J connectivity index is 1.72. The molecular formula is C18H20ClNO4S2. The number of halogens is 1. The highest BCUT2D eigenvalue weighted by atomic mass is 35.5. The molecule has 5 nitrogen and oxygen atoms in total. The van der Waals surface area contributed by atoms with E-state index in [1.54, 1.807) is 31.2 Å². The van der Waals surface area contributed by atoms with Gasteiger partial charge in [0, 0.05) is 16.3 Å². The van der Waals surface area contributed by atoms with Crippen molar-refractivity contribution in [2.75, 3.05) is 17.7 Å². The highest BCUT2D eigenvalue weighted by molar-refractivity contribution is 7.99. The summed E-state index contributed by atoms with van der Waals surface area (Å²) in [5.41, 5.74) is 0.616. The summed E-state index contributed by atoms with van der Waals surface area (Å²) < 4.78 is 11.2. The van der Waals surface area contributed by atoms with Gasteiger partial charge in [0.05, 0.1) is 16.7 Å². The molecule has 1 amide bonds. The van der Waals surface area contributed by atoms with Gasteiger partial charge >= 0.3 is 5.97 Å². The van der Waals surface area contributed by atoms with Crippen molar-refractivity contribution in [1.82, 2.24) is 0 Å². The molecule has 0 bridgehead atoms. The fourth-order valence-electron chi connectivity index (χ4n) is 1.99. The third kappa shape index (κ3) is 6.90. The maximum atomic E-state index is 12.1. The van der Waals surface area contributed by atoms with Crippen molar-refractivity contribution in [1.29, 1.82) is 0 Å². The van der Waals surface area contributed by atoms with Gasteiger partial charge in [-0.1, -0.05) is 11.6 Å². The maximum absolute atomic E-state index is 12.1. The van der Waals surface area contributed by atoms with E-state index in [0.717, 1.165) is 15.0 Å². The van der Waals surface area contributed by atoms with Crippen LogP contribution in [-0.4, -0.2) is 30.3 Å². The zero-order chi connectivity index (χ0) is 18.9. The van der Waals surface area contributed by atoms with E-state index in [1.807, 2.05) is 19.1 Å². The molecule has 0 aliphatic heterocycles. The molecule has 2 rings (SSSR count). The Hall–Kier alpha value is -1.70. The van der Waals surface area contributed by atoms with Gasteiger partial charge in [-0.25, -0.2) is 0 Å². The Labute approximate surface area is 166 Å². The average molecular weight is 414 g/mol. The van der Waals surface area contributed by atoms with Crippen LogP contribution in [0.15, 0.2) is 36.4 Å². The number of carbonyl (C=O) groups excluding carboxylic acids is 2. The van der Waals surface area contributed by atoms with E-state index in [-0.39, 0.29) is 11.7 Å². The first-order chi connectivity index (χ1) is 12.5. The van der Waals surface area contributed by atoms with Crippen molar-refractivity contribution in [2.24, 2.45) is 0 Å². The molecule has 0 unspecified atom stereocenters. The number of hydrogen-bond acceptors (Lipinski definition) is 6. The monoisotopic (exact) mass is 413 g/mol. The van der Waals surface area contributed by atoms with Crippen molar-refractivity contribution >= 4 is 52.3 Å². The number of thiophene rings is 1. The van der Waals surface area contributed by atoms with Gasteiger partial charge in [-0.3, -0.25) is 9.59 Å². The van der Waals surface area contributed by atoms with Gasteiger partial charge in [-0.2, -0.15) is 0 Å². The molecular weight excluding hydrogens is 394 g/mol. The molecule has 1 heterocycles. The summed E-state index contributed by atoms with van der Waals surface area (Å²) in [5, 5.41) is 2.71. The summed E-state index contributed by atoms with van der Waals surface area (Å²) in [6, 6.07) is 10.8. The third-order valence-electron chi connectivity index (χ3n) is 3.20. The van der Waals surface area contributed by atoms with Crippen molar-refractivity contribution in [2.45, 2.75) is 25.7 Å². The number of rotatable bonds is 9. The SMILES string of the molecule is CCOc1ccc(NC(=O)[C@@H](C)OC(=O)CSCc2ccc(Cl)s2)cc1. The van der Waals surface area contributed by atoms with Crippen molar-refractivity contribution in [3.63, 3.8) is 0 Å². The first kappa shape index (κ1) is 20.6. The van der Waals surface area contributed by atoms with E-state index in [1.165, 1.54) is 23.1 Å². The van der Waals surface area contributed by atoms with Crippen molar-refractivity contribution in [3.8, 4) is 5.75 Å². The van der Waals surface area contributed by atoms with Gasteiger partial charge in [0.1, 0.15) is 5.75 Å². The van der Waals surface area contributed by atoms with Crippen LogP contribution in [0, 0.1) is 0 Å². The van der Waals surface area contributed by atoms with E-state index in [9.17, 15) is 9.59 Å². The predicted molar refractivity (Wildman–Crippen MR) is 107 cm³/mol. The van der Waals surface area contributed by atoms with Gasteiger partial charge in [0.25, 0.3) is 5.91 Å². The van der Waals surface area contributed by atoms with Crippen LogP contribution in [0.3, 0.4) is 0 Å². The second kappa shape index (κ2) is 10.4. The number of esters is 1. The number of amides is 1. The fourth-order valence-corrected chi connectivity index (χ4v) is 4.00. The molecule has 0 radical (unpaired) electrons. The Morgan fingerprint density at radius 1 is 1.23 bits per heavy atom. The molecule has 1 N–H and O–H groups in total. The number of thioether (sulfide) groups is 1. The number of ether oxygens (including phenoxy) is 2. The quantitative estimate of drug-likeness (QED) is 0.608. The number of anilines is 1. The molecule has 1 atom stereocenters. The standard InChI is InChI=1S/C18H20ClNO4S2/c1-3-23-14-6-4-13(5-7-14)20-18(22)12(2)24-17(21)11-25-10-15-8-9-16(19)26-15/h4-9,12H,3,10-11H2,1-2H3,(H,20,22)/t12-/m1/s1. The fraction of sp³-hybridized carbons (Fsp3) is 0.333. The van der Waals surface area contributed by atoms with Crippen LogP contribution in [0.4, 0.5) is 5.69 Å². The van der Waals surface area contributed by atoms with Crippen molar-refractivity contribution in [3.05, 3.63) is 45.6 Å². The molecule has 0 aliphatic carbocycles. The molecule has 26 heavy (non-hydrogen) atoms. The van der Waals surface area contributed by atoms with Crippen LogP contribution in [0.5, 0.6) is 5.75 Å². The van der Waals surface area contributed by atoms with Crippen molar-refractivity contribution < 1.29 is 19.1 Å². The van der Waals surface area contributed by atoms with E-state index < -0.39 is 12.1 Å². The lowest BCUT2D eigenvalue weighted by Crippen LogP contribution is -2.30. The molecule has 1 aromatic heterocycles. The number of nitrogens with one attached hydrogen (secondary N) is 1. The van der Waals surface area contributed by atoms with E-state index in [4.69, 9.17) is 21.1 Å². The summed E-state index contributed by atoms with van der Waals surface area (Å²) in [6.45, 7) is 4.03. The molecule has 0 spiro atoms. The minimum Gasteiger partial charge on any atom is -0.494 e. The summed E-state index contributed by atoms with van der Waals surface area (Å²) in [5.74, 6) is 0.786. The number of hydrogen-bond donors (Lipinski definition) is 1. The zero-order valence-corrected chi connectivity index (χ0v) is 16.9. The highest BCUT2D eigenvalue weighted by Crippen LogP contribution is 2.25. The van der Waals surface area contributed by atoms with E-state index in [0.29, 0.717) is 18.0 Å². The minimum absolute atomic E-state index is 0.177. The summed E-state index contributed by atoms with van der Waals surface area (Å²) in [4.78, 5) is 25.1. The molecule has 0 fully saturated rings. The van der Waals surface area contributed by atoms with E-state index >= 15 is 0 Å². The van der Waals surface area contributed by atoms with Crippen LogP contribution in [-0.2, 0) is 20.1 Å². The Morgan fingerprint density at radius 2 is 1.96 bits per heavy atom. The smallest absolute Gasteiger partial charge is 0.316 e. The molecule has 1 aromatic carbocycles. The lowest BCUT2D eigenvalue weighted by atomic mass is 10.3. The number of carbonyl (C=O) groups is 2. The Morgan fingerprint density at radius 3 is 2.58 bits per heavy atom. The third-order valence-corrected chi connectivity index (χ3v) is 5.57. The first-order valence-electron chi connectivity index (χ1n) is 8.03. The summed E-state index contributed by atoms with van der Waals surface area (Å²) in [7, 11) is 0. The Bertz CT molecular complexity index is 733. The van der Waals surface area contributed by atoms with Crippen LogP contribution >= 0.6 is 34.7 Å². The van der Waals surface area contributed by atoms with Crippen LogP contribution < -0.4 is 10.1 Å². The second-order valence-corrected chi connectivity index (χ2v) is 8.06. The van der Waals surface area contributed by atoms with E-state index in [2.05, 4.69) is 5.32 Å². The molecule has 140 valence electrons. The van der Waals surface area contributed by atoms with Gasteiger partial charge < -0.3 is 14.8 Å². The van der Waals surface area contributed by atoms with Crippen LogP contribution in [0.1, 0.15) is 18.7 Å². The molecule has 2 aromatic rings. The van der Waals surface area contributed by atoms with Crippen LogP contribution in [0.2, 0.25) is 4.34 Å². The lowest BCUT2D eigenvalue weighted by molar-refractivity contribution is -0.150. The number of benzene rings is 1. The minimum atomic E-state index is -0.870. The van der Waals surface area contributed by atoms with Gasteiger partial charge in [0.15, 0.2) is 6.10 Å². The predicted octanol–water partition coefficient (Wildman–Crippen LogP) is 4.60. The topological polar surface area (TPSA) is 64.6 Å². The zero-order valence-electron chi connectivity index (χ0n) is 14.5. The Kier molecular flexibility index (Phi) is 8.28. The highest BCUT2D eigenvalue weighted by Gasteiger charge is 2.18. The van der Waals surface area contributed by atoms with Gasteiger partial charge in [-0.15, -0.1) is 23.1 Å². The molecule has 0 saturated heterocycles.